The first-order valence-electron chi connectivity index (χ1n) is 9.84. The molecule has 30 heavy (non-hydrogen) atoms. The van der Waals surface area contributed by atoms with E-state index < -0.39 is 15.9 Å². The molecule has 1 saturated heterocycles. The maximum absolute atomic E-state index is 13.5. The van der Waals surface area contributed by atoms with Crippen LogP contribution in [0.5, 0.6) is 0 Å². The minimum atomic E-state index is -3.76. The topological polar surface area (TPSA) is 92.5 Å². The van der Waals surface area contributed by atoms with Crippen LogP contribution in [-0.2, 0) is 21.4 Å². The Hall–Kier alpha value is -2.97. The van der Waals surface area contributed by atoms with Gasteiger partial charge in [0.25, 0.3) is 0 Å². The third-order valence-electron chi connectivity index (χ3n) is 5.38. The molecule has 4 rings (SSSR count). The van der Waals surface area contributed by atoms with E-state index in [1.54, 1.807) is 36.4 Å². The summed E-state index contributed by atoms with van der Waals surface area (Å²) >= 11 is 0. The van der Waals surface area contributed by atoms with Crippen molar-refractivity contribution in [1.82, 2.24) is 14.8 Å². The van der Waals surface area contributed by atoms with Crippen molar-refractivity contribution in [2.45, 2.75) is 30.3 Å². The van der Waals surface area contributed by atoms with Gasteiger partial charge in [0.05, 0.1) is 23.4 Å². The minimum Gasteiger partial charge on any atom is -0.364 e. The number of piperidine rings is 1. The Morgan fingerprint density at radius 3 is 2.40 bits per heavy atom. The van der Waals surface area contributed by atoms with E-state index in [-0.39, 0.29) is 29.9 Å². The minimum absolute atomic E-state index is 0.126. The van der Waals surface area contributed by atoms with Gasteiger partial charge in [0.1, 0.15) is 12.0 Å². The number of nitrogens with zero attached hydrogens (tertiary/aromatic N) is 2. The van der Waals surface area contributed by atoms with Gasteiger partial charge in [0.15, 0.2) is 0 Å². The standard InChI is InChI=1S/C22H23N3O4S/c26-22(23-15-19-13-14-29-24-19)18-11-12-21(17-7-3-1-4-8-17)25(16-18)30(27,28)20-9-5-2-6-10-20/h1-10,13-14,18,21H,11-12,15-16H2,(H,23,26). The molecule has 1 aliphatic heterocycles. The molecule has 2 atom stereocenters. The fourth-order valence-electron chi connectivity index (χ4n) is 3.81. The van der Waals surface area contributed by atoms with E-state index in [0.29, 0.717) is 18.5 Å². The Balaban J connectivity index is 1.58. The van der Waals surface area contributed by atoms with Gasteiger partial charge in [-0.3, -0.25) is 4.79 Å². The fraction of sp³-hybridized carbons (Fsp3) is 0.273. The molecule has 3 aromatic rings. The van der Waals surface area contributed by atoms with Gasteiger partial charge in [-0.05, 0) is 30.5 Å². The zero-order valence-corrected chi connectivity index (χ0v) is 17.2. The zero-order chi connectivity index (χ0) is 21.0. The van der Waals surface area contributed by atoms with E-state index in [9.17, 15) is 13.2 Å². The second kappa shape index (κ2) is 8.81. The molecule has 1 aromatic heterocycles. The van der Waals surface area contributed by atoms with Crippen LogP contribution in [0.1, 0.15) is 30.1 Å². The van der Waals surface area contributed by atoms with Gasteiger partial charge >= 0.3 is 0 Å². The molecule has 1 fully saturated rings. The molecule has 2 heterocycles. The lowest BCUT2D eigenvalue weighted by Crippen LogP contribution is -2.46. The molecule has 1 aliphatic rings. The number of hydrogen-bond donors (Lipinski definition) is 1. The van der Waals surface area contributed by atoms with Crippen molar-refractivity contribution in [3.05, 3.63) is 84.3 Å². The van der Waals surface area contributed by atoms with Gasteiger partial charge < -0.3 is 9.84 Å². The van der Waals surface area contributed by atoms with E-state index in [1.807, 2.05) is 30.3 Å². The molecule has 0 bridgehead atoms. The maximum atomic E-state index is 13.5. The van der Waals surface area contributed by atoms with Crippen molar-refractivity contribution in [2.24, 2.45) is 5.92 Å². The number of hydrogen-bond acceptors (Lipinski definition) is 5. The summed E-state index contributed by atoms with van der Waals surface area (Å²) in [6.45, 7) is 0.376. The number of nitrogens with one attached hydrogen (secondary N) is 1. The second-order valence-corrected chi connectivity index (χ2v) is 9.19. The van der Waals surface area contributed by atoms with E-state index in [1.165, 1.54) is 10.6 Å². The highest BCUT2D eigenvalue weighted by Gasteiger charge is 2.39. The average molecular weight is 426 g/mol. The Morgan fingerprint density at radius 1 is 1.03 bits per heavy atom. The van der Waals surface area contributed by atoms with E-state index in [0.717, 1.165) is 5.56 Å². The van der Waals surface area contributed by atoms with Crippen LogP contribution in [0.25, 0.3) is 0 Å². The van der Waals surface area contributed by atoms with Crippen LogP contribution in [0.15, 0.2) is 82.4 Å². The molecule has 2 aromatic carbocycles. The lowest BCUT2D eigenvalue weighted by atomic mass is 9.90. The summed E-state index contributed by atoms with van der Waals surface area (Å²) < 4.78 is 33.2. The summed E-state index contributed by atoms with van der Waals surface area (Å²) in [5, 5.41) is 6.62. The predicted octanol–water partition coefficient (Wildman–Crippen LogP) is 3.13. The molecule has 0 spiro atoms. The van der Waals surface area contributed by atoms with Crippen LogP contribution in [0.3, 0.4) is 0 Å². The fourth-order valence-corrected chi connectivity index (χ4v) is 5.52. The largest absolute Gasteiger partial charge is 0.364 e. The summed E-state index contributed by atoms with van der Waals surface area (Å²) in [5.41, 5.74) is 1.55. The van der Waals surface area contributed by atoms with E-state index in [2.05, 4.69) is 10.5 Å². The number of aromatic nitrogens is 1. The predicted molar refractivity (Wildman–Crippen MR) is 111 cm³/mol. The van der Waals surface area contributed by atoms with Gasteiger partial charge in [-0.25, -0.2) is 8.42 Å². The molecule has 0 radical (unpaired) electrons. The molecule has 0 aliphatic carbocycles. The van der Waals surface area contributed by atoms with Crippen molar-refractivity contribution >= 4 is 15.9 Å². The Labute approximate surface area is 175 Å². The highest BCUT2D eigenvalue weighted by molar-refractivity contribution is 7.89. The molecule has 7 nitrogen and oxygen atoms in total. The monoisotopic (exact) mass is 425 g/mol. The van der Waals surface area contributed by atoms with E-state index >= 15 is 0 Å². The Bertz CT molecular complexity index is 1070. The molecule has 1 amide bonds. The van der Waals surface area contributed by atoms with Gasteiger partial charge in [-0.15, -0.1) is 0 Å². The number of benzene rings is 2. The van der Waals surface area contributed by atoms with E-state index in [4.69, 9.17) is 4.52 Å². The summed E-state index contributed by atoms with van der Waals surface area (Å²) in [6, 6.07) is 19.3. The summed E-state index contributed by atoms with van der Waals surface area (Å²) in [5.74, 6) is -0.617. The van der Waals surface area contributed by atoms with Crippen LogP contribution in [-0.4, -0.2) is 30.3 Å². The molecule has 0 saturated carbocycles. The van der Waals surface area contributed by atoms with Gasteiger partial charge in [0, 0.05) is 12.6 Å². The van der Waals surface area contributed by atoms with Crippen molar-refractivity contribution in [2.75, 3.05) is 6.54 Å². The van der Waals surface area contributed by atoms with Crippen LogP contribution < -0.4 is 5.32 Å². The average Bonchev–Trinajstić information content (AvgIpc) is 3.32. The third kappa shape index (κ3) is 4.29. The molecule has 2 unspecified atom stereocenters. The SMILES string of the molecule is O=C(NCc1ccon1)C1CCC(c2ccccc2)N(S(=O)(=O)c2ccccc2)C1. The second-order valence-electron chi connectivity index (χ2n) is 7.30. The zero-order valence-electron chi connectivity index (χ0n) is 16.3. The molecular formula is C22H23N3O4S. The van der Waals surface area contributed by atoms with Crippen LogP contribution in [0.2, 0.25) is 0 Å². The number of carbonyl (C=O) groups is 1. The van der Waals surface area contributed by atoms with Crippen LogP contribution in [0, 0.1) is 5.92 Å². The van der Waals surface area contributed by atoms with Crippen molar-refractivity contribution in [3.8, 4) is 0 Å². The molecule has 1 N–H and O–H groups in total. The number of sulfonamides is 1. The maximum Gasteiger partial charge on any atom is 0.243 e. The quantitative estimate of drug-likeness (QED) is 0.655. The smallest absolute Gasteiger partial charge is 0.243 e. The highest BCUT2D eigenvalue weighted by Crippen LogP contribution is 2.37. The highest BCUT2D eigenvalue weighted by atomic mass is 32.2. The van der Waals surface area contributed by atoms with Gasteiger partial charge in [-0.2, -0.15) is 4.31 Å². The first-order valence-corrected chi connectivity index (χ1v) is 11.3. The van der Waals surface area contributed by atoms with Gasteiger partial charge in [-0.1, -0.05) is 53.7 Å². The number of rotatable bonds is 6. The van der Waals surface area contributed by atoms with Crippen molar-refractivity contribution in [1.29, 1.82) is 0 Å². The third-order valence-corrected chi connectivity index (χ3v) is 7.27. The molecule has 8 heteroatoms. The lowest BCUT2D eigenvalue weighted by Gasteiger charge is -2.38. The summed E-state index contributed by atoms with van der Waals surface area (Å²) in [6.07, 6.45) is 2.61. The number of amides is 1. The first kappa shape index (κ1) is 20.3. The molecule has 156 valence electrons. The van der Waals surface area contributed by atoms with Gasteiger partial charge in [0.2, 0.25) is 15.9 Å². The van der Waals surface area contributed by atoms with Crippen molar-refractivity contribution < 1.29 is 17.7 Å². The number of carbonyl (C=O) groups excluding carboxylic acids is 1. The summed E-state index contributed by atoms with van der Waals surface area (Å²) in [7, 11) is -3.76. The normalized spacial score (nSPS) is 20.0. The Morgan fingerprint density at radius 2 is 1.73 bits per heavy atom. The first-order chi connectivity index (χ1) is 14.6. The van der Waals surface area contributed by atoms with Crippen molar-refractivity contribution in [3.63, 3.8) is 0 Å². The van der Waals surface area contributed by atoms with Crippen LogP contribution in [0.4, 0.5) is 0 Å². The van der Waals surface area contributed by atoms with Crippen LogP contribution >= 0.6 is 0 Å². The summed E-state index contributed by atoms with van der Waals surface area (Å²) in [4.78, 5) is 13.0. The lowest BCUT2D eigenvalue weighted by molar-refractivity contribution is -0.126. The Kier molecular flexibility index (Phi) is 5.96. The molecular weight excluding hydrogens is 402 g/mol.